The van der Waals surface area contributed by atoms with Crippen LogP contribution in [0.2, 0.25) is 0 Å². The molecule has 0 unspecified atom stereocenters. The van der Waals surface area contributed by atoms with Gasteiger partial charge in [0.2, 0.25) is 0 Å². The second-order valence-corrected chi connectivity index (χ2v) is 5.37. The summed E-state index contributed by atoms with van der Waals surface area (Å²) in [5.74, 6) is 4.90. The summed E-state index contributed by atoms with van der Waals surface area (Å²) in [6.07, 6.45) is 8.97. The Labute approximate surface area is 129 Å². The van der Waals surface area contributed by atoms with Crippen LogP contribution in [0.5, 0.6) is 0 Å². The van der Waals surface area contributed by atoms with E-state index in [4.69, 9.17) is 13.9 Å². The summed E-state index contributed by atoms with van der Waals surface area (Å²) in [7, 11) is 0. The Hall–Kier alpha value is -1.87. The van der Waals surface area contributed by atoms with Crippen LogP contribution in [0.25, 0.3) is 5.57 Å². The molecule has 1 fully saturated rings. The molecule has 3 rings (SSSR count). The molecular weight excluding hydrogens is 282 g/mol. The van der Waals surface area contributed by atoms with Crippen molar-refractivity contribution in [3.05, 3.63) is 36.6 Å². The van der Waals surface area contributed by atoms with Gasteiger partial charge < -0.3 is 19.0 Å². The molecule has 1 aliphatic carbocycles. The minimum atomic E-state index is -1.40. The zero-order chi connectivity index (χ0) is 15.6. The van der Waals surface area contributed by atoms with Crippen LogP contribution in [0.3, 0.4) is 0 Å². The van der Waals surface area contributed by atoms with Crippen LogP contribution in [0.4, 0.5) is 0 Å². The van der Waals surface area contributed by atoms with Crippen LogP contribution in [0.15, 0.2) is 35.2 Å². The number of ether oxygens (including phenoxy) is 2. The Balaban J connectivity index is 2.10. The van der Waals surface area contributed by atoms with Gasteiger partial charge in [-0.25, -0.2) is 4.98 Å². The van der Waals surface area contributed by atoms with Crippen molar-refractivity contribution in [1.82, 2.24) is 4.98 Å². The van der Waals surface area contributed by atoms with Crippen LogP contribution >= 0.6 is 0 Å². The number of hydrogen-bond acceptors (Lipinski definition) is 5. The maximum Gasteiger partial charge on any atom is 0.182 e. The number of rotatable bonds is 3. The van der Waals surface area contributed by atoms with Crippen molar-refractivity contribution >= 4 is 5.57 Å². The SMILES string of the molecule is CC#C[C@@](O)(/C=C\C)[C@H]1C(c2cnco2)=CCC12OCCO2. The average molecular weight is 301 g/mol. The number of aromatic nitrogens is 1. The van der Waals surface area contributed by atoms with Crippen molar-refractivity contribution in [1.29, 1.82) is 0 Å². The Kier molecular flexibility index (Phi) is 3.92. The van der Waals surface area contributed by atoms with Crippen LogP contribution in [-0.4, -0.2) is 34.7 Å². The predicted octanol–water partition coefficient (Wildman–Crippen LogP) is 2.15. The lowest BCUT2D eigenvalue weighted by atomic mass is 9.78. The van der Waals surface area contributed by atoms with Gasteiger partial charge in [-0.3, -0.25) is 0 Å². The first-order valence-electron chi connectivity index (χ1n) is 7.32. The highest BCUT2D eigenvalue weighted by Gasteiger charge is 2.57. The first kappa shape index (κ1) is 15.0. The summed E-state index contributed by atoms with van der Waals surface area (Å²) >= 11 is 0. The van der Waals surface area contributed by atoms with Crippen LogP contribution in [-0.2, 0) is 9.47 Å². The van der Waals surface area contributed by atoms with Crippen molar-refractivity contribution in [3.63, 3.8) is 0 Å². The van der Waals surface area contributed by atoms with E-state index in [0.29, 0.717) is 25.4 Å². The maximum atomic E-state index is 11.2. The number of allylic oxidation sites excluding steroid dienone is 1. The second kappa shape index (κ2) is 5.73. The van der Waals surface area contributed by atoms with Gasteiger partial charge in [-0.2, -0.15) is 0 Å². The lowest BCUT2D eigenvalue weighted by Gasteiger charge is -2.38. The van der Waals surface area contributed by atoms with Gasteiger partial charge in [0.1, 0.15) is 0 Å². The van der Waals surface area contributed by atoms with E-state index in [0.717, 1.165) is 5.57 Å². The van der Waals surface area contributed by atoms with E-state index in [9.17, 15) is 5.11 Å². The fourth-order valence-corrected chi connectivity index (χ4v) is 3.32. The summed E-state index contributed by atoms with van der Waals surface area (Å²) in [6.45, 7) is 4.54. The summed E-state index contributed by atoms with van der Waals surface area (Å²) in [6, 6.07) is 0. The number of oxazole rings is 1. The minimum absolute atomic E-state index is 0.500. The molecule has 22 heavy (non-hydrogen) atoms. The van der Waals surface area contributed by atoms with Crippen molar-refractivity contribution in [2.24, 2.45) is 5.92 Å². The molecule has 116 valence electrons. The zero-order valence-electron chi connectivity index (χ0n) is 12.7. The highest BCUT2D eigenvalue weighted by molar-refractivity contribution is 5.69. The van der Waals surface area contributed by atoms with Crippen LogP contribution in [0.1, 0.15) is 26.0 Å². The molecule has 0 bridgehead atoms. The Morgan fingerprint density at radius 1 is 1.45 bits per heavy atom. The molecule has 1 aromatic rings. The topological polar surface area (TPSA) is 64.7 Å². The van der Waals surface area contributed by atoms with Crippen molar-refractivity contribution < 1.29 is 19.0 Å². The molecule has 2 heterocycles. The number of hydrogen-bond donors (Lipinski definition) is 1. The second-order valence-electron chi connectivity index (χ2n) is 5.37. The summed E-state index contributed by atoms with van der Waals surface area (Å²) in [4.78, 5) is 3.97. The highest BCUT2D eigenvalue weighted by atomic mass is 16.7. The first-order valence-corrected chi connectivity index (χ1v) is 7.32. The Bertz CT molecular complexity index is 644. The number of nitrogens with zero attached hydrogens (tertiary/aromatic N) is 1. The van der Waals surface area contributed by atoms with E-state index in [1.54, 1.807) is 25.3 Å². The highest BCUT2D eigenvalue weighted by Crippen LogP contribution is 2.51. The van der Waals surface area contributed by atoms with Gasteiger partial charge in [0.25, 0.3) is 0 Å². The molecule has 1 aromatic heterocycles. The smallest absolute Gasteiger partial charge is 0.182 e. The van der Waals surface area contributed by atoms with Crippen molar-refractivity contribution in [2.45, 2.75) is 31.7 Å². The van der Waals surface area contributed by atoms with Crippen molar-refractivity contribution in [3.8, 4) is 11.8 Å². The lowest BCUT2D eigenvalue weighted by molar-refractivity contribution is -0.196. The summed E-state index contributed by atoms with van der Waals surface area (Å²) in [5.41, 5.74) is -0.592. The molecule has 2 atom stereocenters. The molecule has 1 saturated heterocycles. The molecular formula is C17H19NO4. The van der Waals surface area contributed by atoms with Crippen LogP contribution in [0, 0.1) is 17.8 Å². The van der Waals surface area contributed by atoms with Crippen LogP contribution < -0.4 is 0 Å². The van der Waals surface area contributed by atoms with Gasteiger partial charge in [0, 0.05) is 12.0 Å². The summed E-state index contributed by atoms with van der Waals surface area (Å²) < 4.78 is 17.2. The number of aliphatic hydroxyl groups is 1. The molecule has 1 N–H and O–H groups in total. The van der Waals surface area contributed by atoms with Gasteiger partial charge in [-0.05, 0) is 19.9 Å². The van der Waals surface area contributed by atoms with Gasteiger partial charge >= 0.3 is 0 Å². The van der Waals surface area contributed by atoms with Gasteiger partial charge in [-0.15, -0.1) is 5.92 Å². The zero-order valence-corrected chi connectivity index (χ0v) is 12.7. The van der Waals surface area contributed by atoms with Gasteiger partial charge in [-0.1, -0.05) is 18.1 Å². The Morgan fingerprint density at radius 2 is 2.23 bits per heavy atom. The third-order valence-electron chi connectivity index (χ3n) is 4.04. The quantitative estimate of drug-likeness (QED) is 0.684. The molecule has 0 radical (unpaired) electrons. The Morgan fingerprint density at radius 3 is 2.82 bits per heavy atom. The minimum Gasteiger partial charge on any atom is -0.444 e. The fourth-order valence-electron chi connectivity index (χ4n) is 3.32. The molecule has 0 aromatic carbocycles. The predicted molar refractivity (Wildman–Crippen MR) is 80.4 cm³/mol. The molecule has 5 heteroatoms. The van der Waals surface area contributed by atoms with E-state index in [1.165, 1.54) is 6.39 Å². The van der Waals surface area contributed by atoms with Gasteiger partial charge in [0.05, 0.1) is 25.3 Å². The summed E-state index contributed by atoms with van der Waals surface area (Å²) in [5, 5.41) is 11.2. The lowest BCUT2D eigenvalue weighted by Crippen LogP contribution is -2.49. The molecule has 1 spiro atoms. The van der Waals surface area contributed by atoms with E-state index in [1.807, 2.05) is 13.0 Å². The third-order valence-corrected chi connectivity index (χ3v) is 4.04. The molecule has 0 saturated carbocycles. The fraction of sp³-hybridized carbons (Fsp3) is 0.471. The van der Waals surface area contributed by atoms with Crippen molar-refractivity contribution in [2.75, 3.05) is 13.2 Å². The maximum absolute atomic E-state index is 11.2. The largest absolute Gasteiger partial charge is 0.444 e. The third kappa shape index (κ3) is 2.30. The van der Waals surface area contributed by atoms with E-state index >= 15 is 0 Å². The van der Waals surface area contributed by atoms with E-state index in [2.05, 4.69) is 16.8 Å². The molecule has 0 amide bonds. The standard InChI is InChI=1S/C17H19NO4/c1-3-6-16(19,7-4-2)15-13(14-11-18-12-20-14)5-8-17(15)21-9-10-22-17/h3,5-6,11-12,15,19H,8-10H2,1-2H3/b6-3-/t15-,16+/m1/s1. The van der Waals surface area contributed by atoms with E-state index < -0.39 is 17.3 Å². The van der Waals surface area contributed by atoms with Gasteiger partial charge in [0.15, 0.2) is 23.5 Å². The molecule has 2 aliphatic rings. The first-order chi connectivity index (χ1) is 10.7. The molecule has 5 nitrogen and oxygen atoms in total. The normalized spacial score (nSPS) is 26.0. The average Bonchev–Trinajstić information content (AvgIpc) is 3.21. The monoisotopic (exact) mass is 301 g/mol. The molecule has 1 aliphatic heterocycles. The van der Waals surface area contributed by atoms with E-state index in [-0.39, 0.29) is 0 Å².